The number of nitrogens with one attached hydrogen (secondary N) is 1. The second-order valence-corrected chi connectivity index (χ2v) is 5.40. The van der Waals surface area contributed by atoms with Crippen LogP contribution in [0.4, 0.5) is 5.69 Å². The van der Waals surface area contributed by atoms with Crippen LogP contribution in [-0.2, 0) is 0 Å². The predicted octanol–water partition coefficient (Wildman–Crippen LogP) is 2.54. The number of hydrogen-bond acceptors (Lipinski definition) is 5. The Morgan fingerprint density at radius 3 is 2.55 bits per heavy atom. The maximum Gasteiger partial charge on any atom is 0.265 e. The van der Waals surface area contributed by atoms with Crippen LogP contribution in [0, 0.1) is 0 Å². The number of benzene rings is 1. The highest BCUT2D eigenvalue weighted by molar-refractivity contribution is 7.09. The third-order valence-corrected chi connectivity index (χ3v) is 3.58. The van der Waals surface area contributed by atoms with E-state index in [0.717, 1.165) is 22.8 Å². The zero-order chi connectivity index (χ0) is 14.7. The molecule has 0 spiro atoms. The van der Waals surface area contributed by atoms with Crippen molar-refractivity contribution in [3.05, 3.63) is 29.1 Å². The van der Waals surface area contributed by atoms with Gasteiger partial charge in [0.05, 0.1) is 12.8 Å². The van der Waals surface area contributed by atoms with E-state index in [0.29, 0.717) is 16.3 Å². The second-order valence-electron chi connectivity index (χ2n) is 4.63. The topological polar surface area (TPSA) is 77.2 Å². The van der Waals surface area contributed by atoms with Crippen LogP contribution in [0.1, 0.15) is 23.5 Å². The van der Waals surface area contributed by atoms with E-state index in [1.54, 1.807) is 7.11 Å². The molecule has 1 aromatic heterocycles. The molecule has 1 aromatic carbocycles. The molecular formula is C14H17N3O2S. The van der Waals surface area contributed by atoms with Crippen molar-refractivity contribution in [2.45, 2.75) is 19.9 Å². The molecule has 5 nitrogen and oxygen atoms in total. The number of aromatic nitrogens is 1. The standard InChI is InChI=1S/C14H17N3O2S/c1-8(2)16-14(18)13-11(15)12(17-20-13)9-4-6-10(19-3)7-5-9/h4-8H,15H2,1-3H3,(H,16,18). The molecule has 1 amide bonds. The number of nitrogen functional groups attached to an aromatic ring is 1. The van der Waals surface area contributed by atoms with E-state index in [1.165, 1.54) is 0 Å². The summed E-state index contributed by atoms with van der Waals surface area (Å²) >= 11 is 1.11. The Labute approximate surface area is 121 Å². The fraction of sp³-hybridized carbons (Fsp3) is 0.286. The van der Waals surface area contributed by atoms with Gasteiger partial charge in [-0.25, -0.2) is 0 Å². The first-order chi connectivity index (χ1) is 9.52. The maximum atomic E-state index is 12.0. The molecule has 0 aliphatic rings. The molecule has 2 rings (SSSR count). The van der Waals surface area contributed by atoms with Gasteiger partial charge in [-0.2, -0.15) is 4.37 Å². The Hall–Kier alpha value is -2.08. The van der Waals surface area contributed by atoms with Gasteiger partial charge in [-0.1, -0.05) is 0 Å². The molecule has 0 aliphatic heterocycles. The lowest BCUT2D eigenvalue weighted by molar-refractivity contribution is 0.0948. The van der Waals surface area contributed by atoms with Crippen molar-refractivity contribution in [3.8, 4) is 17.0 Å². The Morgan fingerprint density at radius 1 is 1.35 bits per heavy atom. The van der Waals surface area contributed by atoms with E-state index in [1.807, 2.05) is 38.1 Å². The Balaban J connectivity index is 2.30. The van der Waals surface area contributed by atoms with E-state index >= 15 is 0 Å². The van der Waals surface area contributed by atoms with Crippen molar-refractivity contribution in [1.29, 1.82) is 0 Å². The fourth-order valence-electron chi connectivity index (χ4n) is 1.75. The third kappa shape index (κ3) is 2.91. The van der Waals surface area contributed by atoms with E-state index in [9.17, 15) is 4.79 Å². The first-order valence-electron chi connectivity index (χ1n) is 6.23. The summed E-state index contributed by atoms with van der Waals surface area (Å²) < 4.78 is 9.39. The lowest BCUT2D eigenvalue weighted by Gasteiger charge is -2.07. The number of nitrogens with zero attached hydrogens (tertiary/aromatic N) is 1. The molecule has 6 heteroatoms. The molecule has 0 bridgehead atoms. The first kappa shape index (κ1) is 14.3. The minimum absolute atomic E-state index is 0.0634. The van der Waals surface area contributed by atoms with Crippen molar-refractivity contribution >= 4 is 23.1 Å². The molecule has 0 saturated carbocycles. The third-order valence-electron chi connectivity index (χ3n) is 2.72. The molecule has 0 saturated heterocycles. The highest BCUT2D eigenvalue weighted by atomic mass is 32.1. The van der Waals surface area contributed by atoms with Crippen molar-refractivity contribution in [2.24, 2.45) is 0 Å². The summed E-state index contributed by atoms with van der Waals surface area (Å²) in [6, 6.07) is 7.47. The van der Waals surface area contributed by atoms with Gasteiger partial charge in [0.2, 0.25) is 0 Å². The van der Waals surface area contributed by atoms with Crippen LogP contribution in [0.5, 0.6) is 5.75 Å². The minimum Gasteiger partial charge on any atom is -0.497 e. The first-order valence-corrected chi connectivity index (χ1v) is 7.00. The quantitative estimate of drug-likeness (QED) is 0.907. The molecule has 0 fully saturated rings. The zero-order valence-corrected chi connectivity index (χ0v) is 12.5. The molecule has 0 atom stereocenters. The largest absolute Gasteiger partial charge is 0.497 e. The Morgan fingerprint density at radius 2 is 2.00 bits per heavy atom. The summed E-state index contributed by atoms with van der Waals surface area (Å²) in [4.78, 5) is 12.4. The van der Waals surface area contributed by atoms with E-state index in [4.69, 9.17) is 10.5 Å². The average Bonchev–Trinajstić information content (AvgIpc) is 2.80. The maximum absolute atomic E-state index is 12.0. The zero-order valence-electron chi connectivity index (χ0n) is 11.6. The molecule has 3 N–H and O–H groups in total. The summed E-state index contributed by atoms with van der Waals surface area (Å²) in [5.74, 6) is 0.579. The van der Waals surface area contributed by atoms with Gasteiger partial charge in [0.25, 0.3) is 5.91 Å². The van der Waals surface area contributed by atoms with Crippen LogP contribution in [-0.4, -0.2) is 23.4 Å². The van der Waals surface area contributed by atoms with E-state index in [-0.39, 0.29) is 11.9 Å². The fourth-order valence-corrected chi connectivity index (χ4v) is 2.47. The number of ether oxygens (including phenoxy) is 1. The summed E-state index contributed by atoms with van der Waals surface area (Å²) in [5, 5.41) is 2.81. The van der Waals surface area contributed by atoms with Crippen LogP contribution in [0.15, 0.2) is 24.3 Å². The van der Waals surface area contributed by atoms with Gasteiger partial charge in [0.15, 0.2) is 0 Å². The minimum atomic E-state index is -0.185. The second kappa shape index (κ2) is 5.92. The number of nitrogens with two attached hydrogens (primary N) is 1. The van der Waals surface area contributed by atoms with Crippen molar-refractivity contribution in [2.75, 3.05) is 12.8 Å². The SMILES string of the molecule is COc1ccc(-c2nsc(C(=O)NC(C)C)c2N)cc1. The molecule has 0 aliphatic carbocycles. The predicted molar refractivity (Wildman–Crippen MR) is 81.1 cm³/mol. The smallest absolute Gasteiger partial charge is 0.265 e. The van der Waals surface area contributed by atoms with Crippen LogP contribution >= 0.6 is 11.5 Å². The number of anilines is 1. The molecular weight excluding hydrogens is 274 g/mol. The van der Waals surface area contributed by atoms with Crippen LogP contribution in [0.3, 0.4) is 0 Å². The number of hydrogen-bond donors (Lipinski definition) is 2. The summed E-state index contributed by atoms with van der Waals surface area (Å²) in [7, 11) is 1.61. The van der Waals surface area contributed by atoms with Gasteiger partial charge in [0.1, 0.15) is 16.3 Å². The van der Waals surface area contributed by atoms with Crippen molar-refractivity contribution in [3.63, 3.8) is 0 Å². The van der Waals surface area contributed by atoms with Gasteiger partial charge >= 0.3 is 0 Å². The number of carbonyl (C=O) groups excluding carboxylic acids is 1. The molecule has 20 heavy (non-hydrogen) atoms. The average molecular weight is 291 g/mol. The Kier molecular flexibility index (Phi) is 4.24. The number of carbonyl (C=O) groups is 1. The van der Waals surface area contributed by atoms with Crippen LogP contribution < -0.4 is 15.8 Å². The van der Waals surface area contributed by atoms with Gasteiger partial charge in [-0.05, 0) is 49.6 Å². The summed E-state index contributed by atoms with van der Waals surface area (Å²) in [5.41, 5.74) is 7.95. The highest BCUT2D eigenvalue weighted by Crippen LogP contribution is 2.31. The molecule has 0 radical (unpaired) electrons. The van der Waals surface area contributed by atoms with Gasteiger partial charge < -0.3 is 15.8 Å². The molecule has 2 aromatic rings. The summed E-state index contributed by atoms with van der Waals surface area (Å²) in [6.07, 6.45) is 0. The van der Waals surface area contributed by atoms with E-state index < -0.39 is 0 Å². The molecule has 106 valence electrons. The van der Waals surface area contributed by atoms with Crippen molar-refractivity contribution in [1.82, 2.24) is 9.69 Å². The monoisotopic (exact) mass is 291 g/mol. The Bertz CT molecular complexity index is 605. The van der Waals surface area contributed by atoms with Gasteiger partial charge in [0, 0.05) is 11.6 Å². The summed E-state index contributed by atoms with van der Waals surface area (Å²) in [6.45, 7) is 3.80. The lowest BCUT2D eigenvalue weighted by Crippen LogP contribution is -2.29. The van der Waals surface area contributed by atoms with Crippen LogP contribution in [0.2, 0.25) is 0 Å². The number of amides is 1. The molecule has 0 unspecified atom stereocenters. The van der Waals surface area contributed by atoms with Gasteiger partial charge in [-0.15, -0.1) is 0 Å². The number of methoxy groups -OCH3 is 1. The lowest BCUT2D eigenvalue weighted by atomic mass is 10.1. The number of rotatable bonds is 4. The van der Waals surface area contributed by atoms with Gasteiger partial charge in [-0.3, -0.25) is 4.79 Å². The van der Waals surface area contributed by atoms with Crippen LogP contribution in [0.25, 0.3) is 11.3 Å². The van der Waals surface area contributed by atoms with E-state index in [2.05, 4.69) is 9.69 Å². The van der Waals surface area contributed by atoms with Crippen molar-refractivity contribution < 1.29 is 9.53 Å². The molecule has 1 heterocycles. The normalized spacial score (nSPS) is 10.6. The highest BCUT2D eigenvalue weighted by Gasteiger charge is 2.18.